The predicted octanol–water partition coefficient (Wildman–Crippen LogP) is 2.66. The Balaban J connectivity index is 2.10. The molecule has 1 aromatic rings. The maximum atomic E-state index is 9.26. The van der Waals surface area contributed by atoms with Crippen LogP contribution in [0, 0.1) is 5.92 Å². The molecule has 0 aliphatic carbocycles. The fraction of sp³-hybridized carbons (Fsp3) is 0.600. The van der Waals surface area contributed by atoms with Gasteiger partial charge in [0.05, 0.1) is 0 Å². The van der Waals surface area contributed by atoms with Gasteiger partial charge in [0, 0.05) is 42.9 Å². The summed E-state index contributed by atoms with van der Waals surface area (Å²) >= 11 is 6.11. The Bertz CT molecular complexity index is 411. The molecule has 1 saturated heterocycles. The standard InChI is InChI=1S/C15H23ClN2O/c1-2-6-17-9-13-8-14(16)3-4-15(13)18-7-5-12(10-18)11-19/h3-4,8,12,17,19H,2,5-7,9-11H2,1H3. The summed E-state index contributed by atoms with van der Waals surface area (Å²) in [5.41, 5.74) is 2.50. The number of hydrogen-bond donors (Lipinski definition) is 2. The lowest BCUT2D eigenvalue weighted by Crippen LogP contribution is -2.23. The number of hydrogen-bond acceptors (Lipinski definition) is 3. The van der Waals surface area contributed by atoms with Gasteiger partial charge in [-0.05, 0) is 43.1 Å². The molecule has 2 rings (SSSR count). The first-order valence-electron chi connectivity index (χ1n) is 7.09. The van der Waals surface area contributed by atoms with E-state index in [-0.39, 0.29) is 6.61 Å². The average molecular weight is 283 g/mol. The lowest BCUT2D eigenvalue weighted by Gasteiger charge is -2.22. The van der Waals surface area contributed by atoms with Crippen molar-refractivity contribution in [3.8, 4) is 0 Å². The Hall–Kier alpha value is -0.770. The lowest BCUT2D eigenvalue weighted by atomic mass is 10.1. The van der Waals surface area contributed by atoms with E-state index >= 15 is 0 Å². The molecule has 2 N–H and O–H groups in total. The molecule has 1 aromatic carbocycles. The molecule has 0 aromatic heterocycles. The Morgan fingerprint density at radius 1 is 1.47 bits per heavy atom. The third-order valence-electron chi connectivity index (χ3n) is 3.67. The minimum absolute atomic E-state index is 0.285. The van der Waals surface area contributed by atoms with Crippen LogP contribution in [0.2, 0.25) is 5.02 Å². The van der Waals surface area contributed by atoms with Gasteiger partial charge in [0.15, 0.2) is 0 Å². The van der Waals surface area contributed by atoms with E-state index in [1.807, 2.05) is 12.1 Å². The molecule has 1 aliphatic heterocycles. The van der Waals surface area contributed by atoms with Gasteiger partial charge in [-0.1, -0.05) is 18.5 Å². The fourth-order valence-electron chi connectivity index (χ4n) is 2.60. The van der Waals surface area contributed by atoms with Crippen LogP contribution in [-0.4, -0.2) is 31.3 Å². The van der Waals surface area contributed by atoms with Crippen molar-refractivity contribution in [3.63, 3.8) is 0 Å². The van der Waals surface area contributed by atoms with Crippen LogP contribution in [0.3, 0.4) is 0 Å². The number of anilines is 1. The number of halogens is 1. The summed E-state index contributed by atoms with van der Waals surface area (Å²) in [4.78, 5) is 2.36. The molecule has 1 unspecified atom stereocenters. The molecule has 0 bridgehead atoms. The third-order valence-corrected chi connectivity index (χ3v) is 3.90. The zero-order valence-electron chi connectivity index (χ0n) is 11.5. The lowest BCUT2D eigenvalue weighted by molar-refractivity contribution is 0.238. The quantitative estimate of drug-likeness (QED) is 0.788. The summed E-state index contributed by atoms with van der Waals surface area (Å²) in [5.74, 6) is 0.409. The number of nitrogens with one attached hydrogen (secondary N) is 1. The van der Waals surface area contributed by atoms with Gasteiger partial charge < -0.3 is 15.3 Å². The molecule has 0 spiro atoms. The Morgan fingerprint density at radius 3 is 3.00 bits per heavy atom. The van der Waals surface area contributed by atoms with Crippen LogP contribution >= 0.6 is 11.6 Å². The molecule has 1 atom stereocenters. The first kappa shape index (κ1) is 14.6. The summed E-state index contributed by atoms with van der Waals surface area (Å²) in [6, 6.07) is 6.10. The van der Waals surface area contributed by atoms with Crippen LogP contribution in [0.15, 0.2) is 18.2 Å². The van der Waals surface area contributed by atoms with E-state index < -0.39 is 0 Å². The minimum Gasteiger partial charge on any atom is -0.396 e. The highest BCUT2D eigenvalue weighted by molar-refractivity contribution is 6.30. The monoisotopic (exact) mass is 282 g/mol. The van der Waals surface area contributed by atoms with Crippen molar-refractivity contribution in [1.82, 2.24) is 5.32 Å². The summed E-state index contributed by atoms with van der Waals surface area (Å²) in [6.45, 7) is 6.29. The van der Waals surface area contributed by atoms with Crippen molar-refractivity contribution < 1.29 is 5.11 Å². The van der Waals surface area contributed by atoms with Crippen LogP contribution in [0.4, 0.5) is 5.69 Å². The summed E-state index contributed by atoms with van der Waals surface area (Å²) < 4.78 is 0. The fourth-order valence-corrected chi connectivity index (χ4v) is 2.80. The molecule has 1 fully saturated rings. The van der Waals surface area contributed by atoms with Crippen molar-refractivity contribution in [1.29, 1.82) is 0 Å². The van der Waals surface area contributed by atoms with E-state index in [2.05, 4.69) is 23.2 Å². The molecule has 1 aliphatic rings. The summed E-state index contributed by atoms with van der Waals surface area (Å²) in [7, 11) is 0. The van der Waals surface area contributed by atoms with Crippen molar-refractivity contribution in [2.24, 2.45) is 5.92 Å². The largest absolute Gasteiger partial charge is 0.396 e. The van der Waals surface area contributed by atoms with Gasteiger partial charge in [-0.15, -0.1) is 0 Å². The number of nitrogens with zero attached hydrogens (tertiary/aromatic N) is 1. The van der Waals surface area contributed by atoms with Gasteiger partial charge in [-0.25, -0.2) is 0 Å². The van der Waals surface area contributed by atoms with Gasteiger partial charge >= 0.3 is 0 Å². The highest BCUT2D eigenvalue weighted by Crippen LogP contribution is 2.29. The molecule has 4 heteroatoms. The molecular formula is C15H23ClN2O. The first-order chi connectivity index (χ1) is 9.24. The van der Waals surface area contributed by atoms with Gasteiger partial charge in [-0.3, -0.25) is 0 Å². The van der Waals surface area contributed by atoms with Crippen molar-refractivity contribution in [2.75, 3.05) is 31.1 Å². The molecule has 0 saturated carbocycles. The zero-order valence-corrected chi connectivity index (χ0v) is 12.3. The molecular weight excluding hydrogens is 260 g/mol. The van der Waals surface area contributed by atoms with Crippen LogP contribution in [0.25, 0.3) is 0 Å². The van der Waals surface area contributed by atoms with Gasteiger partial charge in [0.1, 0.15) is 0 Å². The van der Waals surface area contributed by atoms with E-state index in [9.17, 15) is 5.11 Å². The smallest absolute Gasteiger partial charge is 0.0476 e. The molecule has 3 nitrogen and oxygen atoms in total. The first-order valence-corrected chi connectivity index (χ1v) is 7.47. The van der Waals surface area contributed by atoms with Crippen LogP contribution < -0.4 is 10.2 Å². The zero-order chi connectivity index (χ0) is 13.7. The Morgan fingerprint density at radius 2 is 2.32 bits per heavy atom. The molecule has 0 radical (unpaired) electrons. The number of rotatable bonds is 6. The second-order valence-electron chi connectivity index (χ2n) is 5.23. The topological polar surface area (TPSA) is 35.5 Å². The van der Waals surface area contributed by atoms with Gasteiger partial charge in [0.25, 0.3) is 0 Å². The number of benzene rings is 1. The molecule has 19 heavy (non-hydrogen) atoms. The van der Waals surface area contributed by atoms with Crippen LogP contribution in [0.1, 0.15) is 25.3 Å². The summed E-state index contributed by atoms with van der Waals surface area (Å²) in [6.07, 6.45) is 2.20. The molecule has 106 valence electrons. The predicted molar refractivity (Wildman–Crippen MR) is 80.9 cm³/mol. The van der Waals surface area contributed by atoms with Crippen LogP contribution in [0.5, 0.6) is 0 Å². The maximum Gasteiger partial charge on any atom is 0.0476 e. The normalized spacial score (nSPS) is 19.1. The molecule has 1 heterocycles. The van der Waals surface area contributed by atoms with Crippen LogP contribution in [-0.2, 0) is 6.54 Å². The molecule has 0 amide bonds. The van der Waals surface area contributed by atoms with E-state index in [1.54, 1.807) is 0 Å². The third kappa shape index (κ3) is 3.85. The highest BCUT2D eigenvalue weighted by Gasteiger charge is 2.23. The summed E-state index contributed by atoms with van der Waals surface area (Å²) in [5, 5.41) is 13.5. The van der Waals surface area contributed by atoms with E-state index in [0.29, 0.717) is 5.92 Å². The number of aliphatic hydroxyl groups excluding tert-OH is 1. The van der Waals surface area contributed by atoms with E-state index in [4.69, 9.17) is 11.6 Å². The van der Waals surface area contributed by atoms with Crippen molar-refractivity contribution in [2.45, 2.75) is 26.3 Å². The highest BCUT2D eigenvalue weighted by atomic mass is 35.5. The van der Waals surface area contributed by atoms with E-state index in [1.165, 1.54) is 11.3 Å². The Labute approximate surface area is 120 Å². The maximum absolute atomic E-state index is 9.26. The van der Waals surface area contributed by atoms with Crippen molar-refractivity contribution >= 4 is 17.3 Å². The average Bonchev–Trinajstić information content (AvgIpc) is 2.88. The van der Waals surface area contributed by atoms with Crippen molar-refractivity contribution in [3.05, 3.63) is 28.8 Å². The number of aliphatic hydroxyl groups is 1. The minimum atomic E-state index is 0.285. The second-order valence-corrected chi connectivity index (χ2v) is 5.67. The van der Waals surface area contributed by atoms with Gasteiger partial charge in [-0.2, -0.15) is 0 Å². The van der Waals surface area contributed by atoms with E-state index in [0.717, 1.165) is 44.0 Å². The second kappa shape index (κ2) is 7.13. The van der Waals surface area contributed by atoms with Gasteiger partial charge in [0.2, 0.25) is 0 Å². The Kier molecular flexibility index (Phi) is 5.49. The SMILES string of the molecule is CCCNCc1cc(Cl)ccc1N1CCC(CO)C1.